The lowest BCUT2D eigenvalue weighted by Crippen LogP contribution is -2.38. The van der Waals surface area contributed by atoms with Crippen LogP contribution in [0.25, 0.3) is 0 Å². The molecule has 0 aromatic heterocycles. The predicted octanol–water partition coefficient (Wildman–Crippen LogP) is 4.75. The molecule has 0 saturated heterocycles. The van der Waals surface area contributed by atoms with Crippen LogP contribution in [0.15, 0.2) is 71.6 Å². The van der Waals surface area contributed by atoms with Gasteiger partial charge in [0.25, 0.3) is 10.0 Å². The summed E-state index contributed by atoms with van der Waals surface area (Å²) in [6.07, 6.45) is 0. The first-order valence-corrected chi connectivity index (χ1v) is 11.1. The zero-order valence-corrected chi connectivity index (χ0v) is 18.5. The molecule has 3 rings (SSSR count). The molecule has 0 bridgehead atoms. The third kappa shape index (κ3) is 4.71. The van der Waals surface area contributed by atoms with Crippen molar-refractivity contribution in [2.24, 2.45) is 0 Å². The van der Waals surface area contributed by atoms with Crippen LogP contribution < -0.4 is 9.62 Å². The largest absolute Gasteiger partial charge is 0.324 e. The number of carbonyl (C=O) groups excluding carboxylic acids is 1. The Morgan fingerprint density at radius 2 is 1.40 bits per heavy atom. The Kier molecular flexibility index (Phi) is 6.27. The Balaban J connectivity index is 1.95. The van der Waals surface area contributed by atoms with Crippen LogP contribution in [0.3, 0.4) is 0 Å². The molecule has 6 heteroatoms. The fourth-order valence-electron chi connectivity index (χ4n) is 3.07. The van der Waals surface area contributed by atoms with Gasteiger partial charge in [-0.25, -0.2) is 8.42 Å². The summed E-state index contributed by atoms with van der Waals surface area (Å²) >= 11 is 0. The topological polar surface area (TPSA) is 66.5 Å². The lowest BCUT2D eigenvalue weighted by atomic mass is 10.1. The maximum Gasteiger partial charge on any atom is 0.264 e. The second-order valence-corrected chi connectivity index (χ2v) is 9.32. The molecule has 3 aromatic carbocycles. The van der Waals surface area contributed by atoms with Gasteiger partial charge in [-0.05, 0) is 69.2 Å². The number of sulfonamides is 1. The smallest absolute Gasteiger partial charge is 0.264 e. The zero-order chi connectivity index (χ0) is 21.9. The molecule has 0 unspecified atom stereocenters. The molecule has 5 nitrogen and oxygen atoms in total. The van der Waals surface area contributed by atoms with E-state index in [-0.39, 0.29) is 11.4 Å². The number of aryl methyl sites for hydroxylation is 3. The molecule has 0 saturated carbocycles. The zero-order valence-electron chi connectivity index (χ0n) is 17.6. The first-order chi connectivity index (χ1) is 14.2. The van der Waals surface area contributed by atoms with Crippen LogP contribution in [-0.2, 0) is 14.8 Å². The summed E-state index contributed by atoms with van der Waals surface area (Å²) in [7, 11) is -3.92. The highest BCUT2D eigenvalue weighted by Gasteiger charge is 2.27. The second kappa shape index (κ2) is 8.71. The van der Waals surface area contributed by atoms with Crippen LogP contribution in [0.4, 0.5) is 11.4 Å². The number of hydrogen-bond acceptors (Lipinski definition) is 3. The minimum absolute atomic E-state index is 0.146. The van der Waals surface area contributed by atoms with Crippen molar-refractivity contribution >= 4 is 27.3 Å². The molecule has 0 aliphatic rings. The number of anilines is 2. The molecule has 1 amide bonds. The molecule has 30 heavy (non-hydrogen) atoms. The van der Waals surface area contributed by atoms with Gasteiger partial charge in [0.15, 0.2) is 0 Å². The van der Waals surface area contributed by atoms with Crippen molar-refractivity contribution in [1.82, 2.24) is 0 Å². The van der Waals surface area contributed by atoms with E-state index in [2.05, 4.69) is 5.32 Å². The van der Waals surface area contributed by atoms with Gasteiger partial charge in [0.1, 0.15) is 6.54 Å². The van der Waals surface area contributed by atoms with E-state index in [0.717, 1.165) is 26.6 Å². The summed E-state index contributed by atoms with van der Waals surface area (Å²) in [5.41, 5.74) is 5.09. The molecule has 1 N–H and O–H groups in total. The fourth-order valence-corrected chi connectivity index (χ4v) is 4.49. The standard InChI is InChI=1S/C24H26N2O3S/c1-17-8-12-21(13-9-17)26(30(28,29)22-14-10-18(2)11-15-22)16-24(27)25-23-7-5-6-19(3)20(23)4/h5-15H,16H2,1-4H3,(H,25,27). The predicted molar refractivity (Wildman–Crippen MR) is 121 cm³/mol. The van der Waals surface area contributed by atoms with E-state index in [0.29, 0.717) is 11.4 Å². The van der Waals surface area contributed by atoms with Crippen molar-refractivity contribution < 1.29 is 13.2 Å². The minimum Gasteiger partial charge on any atom is -0.324 e. The Labute approximate surface area is 178 Å². The van der Waals surface area contributed by atoms with Gasteiger partial charge < -0.3 is 5.32 Å². The number of nitrogens with one attached hydrogen (secondary N) is 1. The molecule has 0 atom stereocenters. The van der Waals surface area contributed by atoms with Crippen molar-refractivity contribution in [3.63, 3.8) is 0 Å². The average molecular weight is 423 g/mol. The number of nitrogens with zero attached hydrogens (tertiary/aromatic N) is 1. The van der Waals surface area contributed by atoms with Crippen LogP contribution in [-0.4, -0.2) is 20.9 Å². The molecule has 0 radical (unpaired) electrons. The summed E-state index contributed by atoms with van der Waals surface area (Å²) < 4.78 is 27.9. The highest BCUT2D eigenvalue weighted by atomic mass is 32.2. The van der Waals surface area contributed by atoms with Crippen molar-refractivity contribution in [3.8, 4) is 0 Å². The van der Waals surface area contributed by atoms with E-state index < -0.39 is 15.9 Å². The Morgan fingerprint density at radius 3 is 2.00 bits per heavy atom. The third-order valence-corrected chi connectivity index (χ3v) is 6.88. The van der Waals surface area contributed by atoms with Crippen LogP contribution in [0, 0.1) is 27.7 Å². The first kappa shape index (κ1) is 21.6. The monoisotopic (exact) mass is 422 g/mol. The molecule has 0 spiro atoms. The number of rotatable bonds is 6. The van der Waals surface area contributed by atoms with Crippen LogP contribution in [0.2, 0.25) is 0 Å². The maximum absolute atomic E-state index is 13.4. The maximum atomic E-state index is 13.4. The summed E-state index contributed by atoms with van der Waals surface area (Å²) in [6, 6.07) is 19.3. The van der Waals surface area contributed by atoms with Gasteiger partial charge in [0.2, 0.25) is 5.91 Å². The molecule has 0 aliphatic heterocycles. The molecular weight excluding hydrogens is 396 g/mol. The fraction of sp³-hybridized carbons (Fsp3) is 0.208. The van der Waals surface area contributed by atoms with Gasteiger partial charge >= 0.3 is 0 Å². The summed E-state index contributed by atoms with van der Waals surface area (Å²) in [6.45, 7) is 7.38. The SMILES string of the molecule is Cc1ccc(N(CC(=O)Nc2cccc(C)c2C)S(=O)(=O)c2ccc(C)cc2)cc1. The van der Waals surface area contributed by atoms with Gasteiger partial charge in [-0.2, -0.15) is 0 Å². The molecule has 156 valence electrons. The lowest BCUT2D eigenvalue weighted by molar-refractivity contribution is -0.114. The van der Waals surface area contributed by atoms with E-state index >= 15 is 0 Å². The highest BCUT2D eigenvalue weighted by Crippen LogP contribution is 2.25. The highest BCUT2D eigenvalue weighted by molar-refractivity contribution is 7.92. The number of hydrogen-bond donors (Lipinski definition) is 1. The van der Waals surface area contributed by atoms with E-state index in [9.17, 15) is 13.2 Å². The van der Waals surface area contributed by atoms with E-state index in [4.69, 9.17) is 0 Å². The van der Waals surface area contributed by atoms with E-state index in [1.807, 2.05) is 58.0 Å². The number of amides is 1. The molecule has 0 heterocycles. The summed E-state index contributed by atoms with van der Waals surface area (Å²) in [4.78, 5) is 13.0. The van der Waals surface area contributed by atoms with Crippen LogP contribution in [0.1, 0.15) is 22.3 Å². The second-order valence-electron chi connectivity index (χ2n) is 7.46. The van der Waals surface area contributed by atoms with E-state index in [1.165, 1.54) is 0 Å². The quantitative estimate of drug-likeness (QED) is 0.623. The molecule has 0 fully saturated rings. The summed E-state index contributed by atoms with van der Waals surface area (Å²) in [5, 5.41) is 2.85. The molecule has 3 aromatic rings. The third-order valence-electron chi connectivity index (χ3n) is 5.10. The van der Waals surface area contributed by atoms with E-state index in [1.54, 1.807) is 36.4 Å². The van der Waals surface area contributed by atoms with Crippen LogP contribution >= 0.6 is 0 Å². The number of carbonyl (C=O) groups is 1. The lowest BCUT2D eigenvalue weighted by Gasteiger charge is -2.24. The van der Waals surface area contributed by atoms with Gasteiger partial charge in [0.05, 0.1) is 10.6 Å². The van der Waals surface area contributed by atoms with Gasteiger partial charge in [-0.15, -0.1) is 0 Å². The number of benzene rings is 3. The van der Waals surface area contributed by atoms with Crippen molar-refractivity contribution in [3.05, 3.63) is 89.0 Å². The molecule has 0 aliphatic carbocycles. The Hall–Kier alpha value is -3.12. The van der Waals surface area contributed by atoms with Crippen molar-refractivity contribution in [2.75, 3.05) is 16.2 Å². The van der Waals surface area contributed by atoms with Gasteiger partial charge in [-0.3, -0.25) is 9.10 Å². The Morgan fingerprint density at radius 1 is 0.833 bits per heavy atom. The normalized spacial score (nSPS) is 11.2. The summed E-state index contributed by atoms with van der Waals surface area (Å²) in [5.74, 6) is -0.403. The molecular formula is C24H26N2O3S. The van der Waals surface area contributed by atoms with Crippen LogP contribution in [0.5, 0.6) is 0 Å². The van der Waals surface area contributed by atoms with Gasteiger partial charge in [-0.1, -0.05) is 47.5 Å². The minimum atomic E-state index is -3.92. The van der Waals surface area contributed by atoms with Crippen molar-refractivity contribution in [2.45, 2.75) is 32.6 Å². The Bertz CT molecular complexity index is 1150. The van der Waals surface area contributed by atoms with Crippen molar-refractivity contribution in [1.29, 1.82) is 0 Å². The first-order valence-electron chi connectivity index (χ1n) is 9.70. The average Bonchev–Trinajstić information content (AvgIpc) is 2.71. The van der Waals surface area contributed by atoms with Gasteiger partial charge in [0, 0.05) is 5.69 Å².